The van der Waals surface area contributed by atoms with Crippen molar-refractivity contribution in [1.82, 2.24) is 4.98 Å². The molecule has 0 aliphatic heterocycles. The van der Waals surface area contributed by atoms with Crippen molar-refractivity contribution in [1.29, 1.82) is 0 Å². The van der Waals surface area contributed by atoms with E-state index in [-0.39, 0.29) is 0 Å². The number of aryl methyl sites for hydroxylation is 1. The molecule has 0 fully saturated rings. The molecule has 1 aromatic carbocycles. The zero-order chi connectivity index (χ0) is 13.3. The summed E-state index contributed by atoms with van der Waals surface area (Å²) in [7, 11) is 0. The lowest BCUT2D eigenvalue weighted by atomic mass is 10.1. The van der Waals surface area contributed by atoms with Crippen LogP contribution in [0.25, 0.3) is 10.6 Å². The first-order valence-electron chi connectivity index (χ1n) is 5.91. The summed E-state index contributed by atoms with van der Waals surface area (Å²) in [4.78, 5) is 5.52. The van der Waals surface area contributed by atoms with Gasteiger partial charge in [-0.15, -0.1) is 11.3 Å². The molecular formula is C14H16ClNOS. The van der Waals surface area contributed by atoms with E-state index in [0.29, 0.717) is 5.02 Å². The van der Waals surface area contributed by atoms with E-state index in [0.717, 1.165) is 27.6 Å². The van der Waals surface area contributed by atoms with Crippen LogP contribution in [0.4, 0.5) is 0 Å². The number of aliphatic hydroxyl groups is 1. The van der Waals surface area contributed by atoms with Gasteiger partial charge in [-0.2, -0.15) is 0 Å². The second-order valence-corrected chi connectivity index (χ2v) is 6.09. The second-order valence-electron chi connectivity index (χ2n) is 4.69. The molecule has 96 valence electrons. The van der Waals surface area contributed by atoms with Crippen molar-refractivity contribution in [2.24, 2.45) is 0 Å². The minimum atomic E-state index is -0.859. The Balaban J connectivity index is 2.55. The molecule has 18 heavy (non-hydrogen) atoms. The summed E-state index contributed by atoms with van der Waals surface area (Å²) in [6, 6.07) is 7.65. The van der Waals surface area contributed by atoms with Crippen LogP contribution in [0.5, 0.6) is 0 Å². The predicted molar refractivity (Wildman–Crippen MR) is 77.2 cm³/mol. The maximum Gasteiger partial charge on any atom is 0.125 e. The molecule has 0 saturated heterocycles. The highest BCUT2D eigenvalue weighted by atomic mass is 35.5. The van der Waals surface area contributed by atoms with Crippen LogP contribution >= 0.6 is 22.9 Å². The van der Waals surface area contributed by atoms with Crippen molar-refractivity contribution in [3.8, 4) is 10.6 Å². The Kier molecular flexibility index (Phi) is 3.76. The number of aromatic nitrogens is 1. The van der Waals surface area contributed by atoms with Crippen molar-refractivity contribution in [2.75, 3.05) is 0 Å². The van der Waals surface area contributed by atoms with Gasteiger partial charge in [-0.25, -0.2) is 4.98 Å². The lowest BCUT2D eigenvalue weighted by Crippen LogP contribution is -2.15. The van der Waals surface area contributed by atoms with Gasteiger partial charge in [0.05, 0.1) is 21.2 Å². The summed E-state index contributed by atoms with van der Waals surface area (Å²) in [6.07, 6.45) is 0.806. The maximum absolute atomic E-state index is 10.2. The van der Waals surface area contributed by atoms with Crippen molar-refractivity contribution in [3.05, 3.63) is 39.9 Å². The lowest BCUT2D eigenvalue weighted by molar-refractivity contribution is 0.0814. The van der Waals surface area contributed by atoms with Crippen molar-refractivity contribution < 1.29 is 5.11 Å². The second kappa shape index (κ2) is 5.00. The van der Waals surface area contributed by atoms with E-state index in [9.17, 15) is 5.11 Å². The third-order valence-corrected chi connectivity index (χ3v) is 4.47. The van der Waals surface area contributed by atoms with E-state index in [1.54, 1.807) is 13.8 Å². The Hall–Kier alpha value is -0.900. The Morgan fingerprint density at radius 3 is 2.50 bits per heavy atom. The van der Waals surface area contributed by atoms with Crippen molar-refractivity contribution in [3.63, 3.8) is 0 Å². The largest absolute Gasteiger partial charge is 0.385 e. The molecule has 0 radical (unpaired) electrons. The van der Waals surface area contributed by atoms with Crippen LogP contribution in [-0.4, -0.2) is 10.1 Å². The fraction of sp³-hybridized carbons (Fsp3) is 0.357. The van der Waals surface area contributed by atoms with Crippen LogP contribution in [0.3, 0.4) is 0 Å². The van der Waals surface area contributed by atoms with Gasteiger partial charge in [0.1, 0.15) is 5.01 Å². The number of rotatable bonds is 3. The number of thiazole rings is 1. The van der Waals surface area contributed by atoms with Crippen LogP contribution in [0.15, 0.2) is 24.3 Å². The third-order valence-electron chi connectivity index (χ3n) is 2.69. The van der Waals surface area contributed by atoms with Crippen LogP contribution in [0, 0.1) is 0 Å². The molecule has 0 saturated carbocycles. The molecule has 2 rings (SSSR count). The number of nitrogens with zero attached hydrogens (tertiary/aromatic N) is 1. The molecule has 1 heterocycles. The van der Waals surface area contributed by atoms with Crippen molar-refractivity contribution in [2.45, 2.75) is 32.8 Å². The van der Waals surface area contributed by atoms with Crippen LogP contribution < -0.4 is 0 Å². The summed E-state index contributed by atoms with van der Waals surface area (Å²) in [5.41, 5.74) is 1.01. The first kappa shape index (κ1) is 13.5. The van der Waals surface area contributed by atoms with Gasteiger partial charge < -0.3 is 5.11 Å². The summed E-state index contributed by atoms with van der Waals surface area (Å²) < 4.78 is 0. The molecule has 0 amide bonds. The van der Waals surface area contributed by atoms with E-state index in [4.69, 9.17) is 11.6 Å². The van der Waals surface area contributed by atoms with Gasteiger partial charge in [0.2, 0.25) is 0 Å². The third kappa shape index (κ3) is 2.58. The highest BCUT2D eigenvalue weighted by molar-refractivity contribution is 7.15. The minimum Gasteiger partial charge on any atom is -0.385 e. The summed E-state index contributed by atoms with van der Waals surface area (Å²) in [6.45, 7) is 5.62. The van der Waals surface area contributed by atoms with Gasteiger partial charge >= 0.3 is 0 Å². The zero-order valence-electron chi connectivity index (χ0n) is 10.7. The van der Waals surface area contributed by atoms with E-state index in [1.165, 1.54) is 11.3 Å². The average Bonchev–Trinajstić information content (AvgIpc) is 2.73. The average molecular weight is 282 g/mol. The van der Waals surface area contributed by atoms with Crippen LogP contribution in [0.1, 0.15) is 31.3 Å². The number of halogens is 1. The van der Waals surface area contributed by atoms with Crippen LogP contribution in [0.2, 0.25) is 5.02 Å². The standard InChI is InChI=1S/C14H16ClNOS/c1-4-11-12(14(2,3)17)18-13(16-11)9-7-5-6-8-10(9)15/h5-8,17H,4H2,1-3H3. The normalized spacial score (nSPS) is 11.8. The van der Waals surface area contributed by atoms with E-state index in [2.05, 4.69) is 4.98 Å². The number of hydrogen-bond donors (Lipinski definition) is 1. The highest BCUT2D eigenvalue weighted by Gasteiger charge is 2.24. The molecule has 1 aromatic heterocycles. The fourth-order valence-corrected chi connectivity index (χ4v) is 3.30. The summed E-state index contributed by atoms with van der Waals surface area (Å²) in [5, 5.41) is 11.7. The first-order chi connectivity index (χ1) is 8.43. The molecule has 4 heteroatoms. The Morgan fingerprint density at radius 1 is 1.33 bits per heavy atom. The SMILES string of the molecule is CCc1nc(-c2ccccc2Cl)sc1C(C)(C)O. The molecule has 0 aliphatic rings. The first-order valence-corrected chi connectivity index (χ1v) is 7.10. The lowest BCUT2D eigenvalue weighted by Gasteiger charge is -2.15. The van der Waals surface area contributed by atoms with Gasteiger partial charge in [0, 0.05) is 5.56 Å². The smallest absolute Gasteiger partial charge is 0.125 e. The van der Waals surface area contributed by atoms with Gasteiger partial charge in [-0.3, -0.25) is 0 Å². The Labute approximate surface area is 116 Å². The topological polar surface area (TPSA) is 33.1 Å². The molecule has 2 nitrogen and oxygen atoms in total. The van der Waals surface area contributed by atoms with Crippen LogP contribution in [-0.2, 0) is 12.0 Å². The van der Waals surface area contributed by atoms with Gasteiger partial charge in [-0.05, 0) is 26.3 Å². The molecule has 0 bridgehead atoms. The Bertz CT molecular complexity index is 557. The van der Waals surface area contributed by atoms with E-state index in [1.807, 2.05) is 31.2 Å². The van der Waals surface area contributed by atoms with E-state index >= 15 is 0 Å². The monoisotopic (exact) mass is 281 g/mol. The Morgan fingerprint density at radius 2 is 2.00 bits per heavy atom. The molecule has 1 N–H and O–H groups in total. The fourth-order valence-electron chi connectivity index (χ4n) is 1.82. The molecular weight excluding hydrogens is 266 g/mol. The van der Waals surface area contributed by atoms with Gasteiger partial charge in [-0.1, -0.05) is 36.7 Å². The summed E-state index contributed by atoms with van der Waals surface area (Å²) in [5.74, 6) is 0. The molecule has 0 spiro atoms. The molecule has 0 aliphatic carbocycles. The molecule has 0 atom stereocenters. The molecule has 0 unspecified atom stereocenters. The minimum absolute atomic E-state index is 0.691. The zero-order valence-corrected chi connectivity index (χ0v) is 12.3. The quantitative estimate of drug-likeness (QED) is 0.912. The van der Waals surface area contributed by atoms with Gasteiger partial charge in [0.25, 0.3) is 0 Å². The number of hydrogen-bond acceptors (Lipinski definition) is 3. The number of benzene rings is 1. The molecule has 2 aromatic rings. The van der Waals surface area contributed by atoms with Crippen molar-refractivity contribution >= 4 is 22.9 Å². The van der Waals surface area contributed by atoms with Gasteiger partial charge in [0.15, 0.2) is 0 Å². The summed E-state index contributed by atoms with van der Waals surface area (Å²) >= 11 is 7.69. The highest BCUT2D eigenvalue weighted by Crippen LogP contribution is 2.37. The maximum atomic E-state index is 10.2. The van der Waals surface area contributed by atoms with E-state index < -0.39 is 5.60 Å². The predicted octanol–water partition coefficient (Wildman–Crippen LogP) is 4.25.